The molecule has 1 aliphatic heterocycles. The summed E-state index contributed by atoms with van der Waals surface area (Å²) in [5.41, 5.74) is -0.788. The molecule has 1 N–H and O–H groups in total. The van der Waals surface area contributed by atoms with Crippen molar-refractivity contribution in [3.8, 4) is 0 Å². The molecule has 1 saturated heterocycles. The van der Waals surface area contributed by atoms with Crippen molar-refractivity contribution in [1.29, 1.82) is 0 Å². The number of rotatable bonds is 3. The summed E-state index contributed by atoms with van der Waals surface area (Å²) < 4.78 is 0. The number of hydrogen-bond acceptors (Lipinski definition) is 5. The van der Waals surface area contributed by atoms with Crippen LogP contribution in [0.25, 0.3) is 0 Å². The average Bonchev–Trinajstić information content (AvgIpc) is 2.38. The lowest BCUT2D eigenvalue weighted by Gasteiger charge is -2.40. The molecule has 1 aromatic rings. The van der Waals surface area contributed by atoms with E-state index in [1.165, 1.54) is 6.07 Å². The summed E-state index contributed by atoms with van der Waals surface area (Å²) in [6.45, 7) is 4.11. The number of nitro groups is 1. The molecule has 0 saturated carbocycles. The van der Waals surface area contributed by atoms with Gasteiger partial charge >= 0.3 is 11.7 Å². The molecular weight excluding hydrogens is 262 g/mol. The largest absolute Gasteiger partial charge is 0.477 e. The first-order chi connectivity index (χ1) is 9.41. The van der Waals surface area contributed by atoms with Crippen LogP contribution in [0.2, 0.25) is 0 Å². The summed E-state index contributed by atoms with van der Waals surface area (Å²) in [6, 6.07) is 1.79. The molecule has 0 aliphatic carbocycles. The van der Waals surface area contributed by atoms with Crippen LogP contribution in [0, 0.1) is 10.1 Å². The van der Waals surface area contributed by atoms with Gasteiger partial charge in [-0.05, 0) is 33.1 Å². The van der Waals surface area contributed by atoms with Crippen LogP contribution in [0.5, 0.6) is 0 Å². The van der Waals surface area contributed by atoms with Crippen LogP contribution in [-0.4, -0.2) is 33.1 Å². The van der Waals surface area contributed by atoms with Gasteiger partial charge < -0.3 is 10.0 Å². The summed E-state index contributed by atoms with van der Waals surface area (Å²) >= 11 is 0. The maximum atomic E-state index is 11.2. The quantitative estimate of drug-likeness (QED) is 0.674. The van der Waals surface area contributed by atoms with E-state index in [9.17, 15) is 14.9 Å². The van der Waals surface area contributed by atoms with Gasteiger partial charge in [0, 0.05) is 18.2 Å². The van der Waals surface area contributed by atoms with Crippen LogP contribution in [0.1, 0.15) is 43.5 Å². The summed E-state index contributed by atoms with van der Waals surface area (Å²) in [5.74, 6) is -0.814. The normalized spacial score (nSPS) is 22.6. The van der Waals surface area contributed by atoms with E-state index >= 15 is 0 Å². The number of piperidine rings is 1. The maximum absolute atomic E-state index is 11.2. The highest BCUT2D eigenvalue weighted by Crippen LogP contribution is 2.30. The molecule has 0 amide bonds. The lowest BCUT2D eigenvalue weighted by Crippen LogP contribution is -2.44. The van der Waals surface area contributed by atoms with E-state index in [1.54, 1.807) is 0 Å². The molecule has 1 aliphatic rings. The molecule has 2 heterocycles. The fraction of sp³-hybridized carbons (Fsp3) is 0.538. The highest BCUT2D eigenvalue weighted by atomic mass is 16.6. The first kappa shape index (κ1) is 14.2. The fourth-order valence-corrected chi connectivity index (χ4v) is 2.77. The average molecular weight is 279 g/mol. The summed E-state index contributed by atoms with van der Waals surface area (Å²) in [5, 5.41) is 19.9. The second kappa shape index (κ2) is 5.44. The van der Waals surface area contributed by atoms with Crippen LogP contribution < -0.4 is 4.90 Å². The molecule has 1 fully saturated rings. The second-order valence-electron chi connectivity index (χ2n) is 5.16. The van der Waals surface area contributed by atoms with Crippen molar-refractivity contribution in [3.05, 3.63) is 27.9 Å². The van der Waals surface area contributed by atoms with E-state index in [4.69, 9.17) is 5.11 Å². The van der Waals surface area contributed by atoms with Crippen LogP contribution in [0.4, 0.5) is 11.5 Å². The molecule has 0 radical (unpaired) electrons. The smallest absolute Gasteiger partial charge is 0.342 e. The van der Waals surface area contributed by atoms with Gasteiger partial charge in [0.2, 0.25) is 0 Å². The van der Waals surface area contributed by atoms with Gasteiger partial charge in [-0.3, -0.25) is 10.1 Å². The Morgan fingerprint density at radius 2 is 2.05 bits per heavy atom. The van der Waals surface area contributed by atoms with Crippen LogP contribution in [-0.2, 0) is 0 Å². The van der Waals surface area contributed by atoms with E-state index in [1.807, 2.05) is 4.90 Å². The Kier molecular flexibility index (Phi) is 3.87. The number of carboxylic acids is 1. The molecule has 7 heteroatoms. The third-order valence-corrected chi connectivity index (χ3v) is 3.75. The van der Waals surface area contributed by atoms with Gasteiger partial charge in [0.15, 0.2) is 0 Å². The van der Waals surface area contributed by atoms with E-state index in [-0.39, 0.29) is 17.6 Å². The van der Waals surface area contributed by atoms with Gasteiger partial charge in [-0.1, -0.05) is 0 Å². The summed E-state index contributed by atoms with van der Waals surface area (Å²) in [4.78, 5) is 27.4. The fourth-order valence-electron chi connectivity index (χ4n) is 2.77. The van der Waals surface area contributed by atoms with Gasteiger partial charge in [0.1, 0.15) is 17.6 Å². The molecule has 108 valence electrons. The molecule has 2 atom stereocenters. The maximum Gasteiger partial charge on any atom is 0.342 e. The summed E-state index contributed by atoms with van der Waals surface area (Å²) in [7, 11) is 0. The van der Waals surface area contributed by atoms with Crippen molar-refractivity contribution in [2.45, 2.75) is 45.2 Å². The molecular formula is C13H17N3O4. The zero-order valence-electron chi connectivity index (χ0n) is 11.4. The second-order valence-corrected chi connectivity index (χ2v) is 5.16. The van der Waals surface area contributed by atoms with E-state index in [2.05, 4.69) is 18.8 Å². The minimum absolute atomic E-state index is 0.245. The van der Waals surface area contributed by atoms with Crippen molar-refractivity contribution in [2.75, 3.05) is 4.90 Å². The van der Waals surface area contributed by atoms with Crippen LogP contribution >= 0.6 is 0 Å². The van der Waals surface area contributed by atoms with Crippen molar-refractivity contribution in [2.24, 2.45) is 0 Å². The highest BCUT2D eigenvalue weighted by Gasteiger charge is 2.29. The Bertz CT molecular complexity index is 536. The van der Waals surface area contributed by atoms with Crippen molar-refractivity contribution >= 4 is 17.5 Å². The lowest BCUT2D eigenvalue weighted by molar-refractivity contribution is -0.385. The first-order valence-corrected chi connectivity index (χ1v) is 6.58. The monoisotopic (exact) mass is 279 g/mol. The van der Waals surface area contributed by atoms with Gasteiger partial charge in [-0.2, -0.15) is 0 Å². The van der Waals surface area contributed by atoms with Gasteiger partial charge in [0.25, 0.3) is 0 Å². The Hall–Kier alpha value is -2.18. The number of carbonyl (C=O) groups is 1. The van der Waals surface area contributed by atoms with Crippen molar-refractivity contribution < 1.29 is 14.8 Å². The van der Waals surface area contributed by atoms with Gasteiger partial charge in [-0.25, -0.2) is 9.78 Å². The minimum atomic E-state index is -1.31. The topological polar surface area (TPSA) is 96.6 Å². The molecule has 1 aromatic heterocycles. The third-order valence-electron chi connectivity index (χ3n) is 3.75. The number of pyridine rings is 1. The number of aromatic carboxylic acids is 1. The Morgan fingerprint density at radius 1 is 1.45 bits per heavy atom. The number of hydrogen-bond donors (Lipinski definition) is 1. The molecule has 2 rings (SSSR count). The summed E-state index contributed by atoms with van der Waals surface area (Å²) in [6.07, 6.45) is 4.17. The minimum Gasteiger partial charge on any atom is -0.477 e. The Balaban J connectivity index is 2.45. The zero-order chi connectivity index (χ0) is 14.9. The molecule has 0 bridgehead atoms. The van der Waals surface area contributed by atoms with E-state index in [0.717, 1.165) is 25.5 Å². The molecule has 0 spiro atoms. The van der Waals surface area contributed by atoms with E-state index < -0.39 is 16.6 Å². The third kappa shape index (κ3) is 2.56. The van der Waals surface area contributed by atoms with Crippen LogP contribution in [0.15, 0.2) is 12.3 Å². The molecule has 2 unspecified atom stereocenters. The van der Waals surface area contributed by atoms with Crippen LogP contribution in [0.3, 0.4) is 0 Å². The molecule has 20 heavy (non-hydrogen) atoms. The zero-order valence-corrected chi connectivity index (χ0v) is 11.4. The SMILES string of the molecule is CC1CCCC(C)N1c1cc(C(=O)O)c([N+](=O)[O-])cn1. The Morgan fingerprint density at radius 3 is 2.55 bits per heavy atom. The van der Waals surface area contributed by atoms with Crippen molar-refractivity contribution in [3.63, 3.8) is 0 Å². The number of aromatic nitrogens is 1. The molecule has 0 aromatic carbocycles. The van der Waals surface area contributed by atoms with Crippen molar-refractivity contribution in [1.82, 2.24) is 4.98 Å². The number of anilines is 1. The van der Waals surface area contributed by atoms with Gasteiger partial charge in [0.05, 0.1) is 4.92 Å². The highest BCUT2D eigenvalue weighted by molar-refractivity contribution is 5.93. The number of carboxylic acid groups (broad SMARTS) is 1. The van der Waals surface area contributed by atoms with E-state index in [0.29, 0.717) is 5.82 Å². The predicted molar refractivity (Wildman–Crippen MR) is 73.1 cm³/mol. The Labute approximate surface area is 116 Å². The standard InChI is InChI=1S/C13H17N3O4/c1-8-4-3-5-9(2)15(8)12-6-10(13(17)18)11(7-14-12)16(19)20/h6-9H,3-5H2,1-2H3,(H,17,18). The lowest BCUT2D eigenvalue weighted by atomic mass is 9.97. The number of nitrogens with zero attached hydrogens (tertiary/aromatic N) is 3. The predicted octanol–water partition coefficient (Wildman–Crippen LogP) is 2.46. The van der Waals surface area contributed by atoms with Gasteiger partial charge in [-0.15, -0.1) is 0 Å². The first-order valence-electron chi connectivity index (χ1n) is 6.58. The molecule has 7 nitrogen and oxygen atoms in total.